The molecule has 1 aliphatic carbocycles. The van der Waals surface area contributed by atoms with Crippen molar-refractivity contribution in [3.63, 3.8) is 0 Å². The Labute approximate surface area is 221 Å². The standard InChI is InChI=1S/C29H32N2O5S/c1-19-25(30-27(36-19)21-9-7-12-23(17-21)34-2)18-35-24-13-6-8-20(16-24)14-15-26-28(32)31(29(33)37-26)22-10-4-3-5-11-22/h3-5,7,9-12,17,20,24,26H,6,8,13-16,18H2,1-2H3/t20-,24-,26?/m0/s1. The number of aromatic nitrogens is 1. The number of hydrogen-bond donors (Lipinski definition) is 0. The van der Waals surface area contributed by atoms with E-state index in [1.165, 1.54) is 4.90 Å². The van der Waals surface area contributed by atoms with Gasteiger partial charge in [0, 0.05) is 5.56 Å². The van der Waals surface area contributed by atoms with E-state index >= 15 is 0 Å². The Hall–Kier alpha value is -3.10. The zero-order valence-corrected chi connectivity index (χ0v) is 22.0. The van der Waals surface area contributed by atoms with Crippen molar-refractivity contribution >= 4 is 28.6 Å². The number of amides is 2. The molecule has 37 heavy (non-hydrogen) atoms. The van der Waals surface area contributed by atoms with Gasteiger partial charge in [0.25, 0.3) is 5.24 Å². The number of methoxy groups -OCH3 is 1. The monoisotopic (exact) mass is 520 g/mol. The number of anilines is 1. The van der Waals surface area contributed by atoms with Crippen LogP contribution >= 0.6 is 11.8 Å². The molecule has 1 aliphatic heterocycles. The van der Waals surface area contributed by atoms with Crippen LogP contribution in [0.3, 0.4) is 0 Å². The number of carbonyl (C=O) groups is 2. The average Bonchev–Trinajstić information content (AvgIpc) is 3.44. The van der Waals surface area contributed by atoms with E-state index < -0.39 is 0 Å². The number of para-hydroxylation sites is 1. The second-order valence-electron chi connectivity index (χ2n) is 9.68. The lowest BCUT2D eigenvalue weighted by Crippen LogP contribution is -2.31. The van der Waals surface area contributed by atoms with Gasteiger partial charge in [-0.05, 0) is 68.9 Å². The fourth-order valence-electron chi connectivity index (χ4n) is 5.13. The van der Waals surface area contributed by atoms with Crippen molar-refractivity contribution in [2.75, 3.05) is 12.0 Å². The first-order valence-corrected chi connectivity index (χ1v) is 13.7. The van der Waals surface area contributed by atoms with Gasteiger partial charge in [-0.25, -0.2) is 9.88 Å². The van der Waals surface area contributed by atoms with E-state index in [9.17, 15) is 9.59 Å². The summed E-state index contributed by atoms with van der Waals surface area (Å²) in [6.45, 7) is 2.32. The third-order valence-electron chi connectivity index (χ3n) is 7.17. The normalized spacial score (nSPS) is 22.0. The molecule has 0 N–H and O–H groups in total. The summed E-state index contributed by atoms with van der Waals surface area (Å²) in [5, 5.41) is -0.482. The molecule has 2 amide bonds. The summed E-state index contributed by atoms with van der Waals surface area (Å²) >= 11 is 1.16. The third kappa shape index (κ3) is 5.91. The van der Waals surface area contributed by atoms with Crippen LogP contribution in [0.15, 0.2) is 59.0 Å². The lowest BCUT2D eigenvalue weighted by Gasteiger charge is -2.29. The number of ether oxygens (including phenoxy) is 2. The largest absolute Gasteiger partial charge is 0.497 e. The number of thioether (sulfide) groups is 1. The number of aryl methyl sites for hydroxylation is 1. The van der Waals surface area contributed by atoms with E-state index in [0.29, 0.717) is 30.5 Å². The maximum absolute atomic E-state index is 12.9. The van der Waals surface area contributed by atoms with Gasteiger partial charge in [0.1, 0.15) is 17.2 Å². The van der Waals surface area contributed by atoms with Crippen LogP contribution in [-0.4, -0.2) is 34.6 Å². The highest BCUT2D eigenvalue weighted by Gasteiger charge is 2.40. The lowest BCUT2D eigenvalue weighted by molar-refractivity contribution is -0.117. The van der Waals surface area contributed by atoms with E-state index in [4.69, 9.17) is 13.9 Å². The summed E-state index contributed by atoms with van der Waals surface area (Å²) in [6, 6.07) is 16.8. The van der Waals surface area contributed by atoms with Gasteiger partial charge in [0.05, 0.1) is 30.8 Å². The molecule has 1 saturated carbocycles. The number of imide groups is 1. The van der Waals surface area contributed by atoms with Gasteiger partial charge in [-0.3, -0.25) is 9.59 Å². The zero-order valence-electron chi connectivity index (χ0n) is 21.2. The smallest absolute Gasteiger partial charge is 0.293 e. The maximum atomic E-state index is 12.9. The van der Waals surface area contributed by atoms with Crippen molar-refractivity contribution in [1.82, 2.24) is 4.98 Å². The van der Waals surface area contributed by atoms with Crippen molar-refractivity contribution < 1.29 is 23.5 Å². The molecular formula is C29H32N2O5S. The van der Waals surface area contributed by atoms with Gasteiger partial charge >= 0.3 is 0 Å². The molecule has 8 heteroatoms. The molecular weight excluding hydrogens is 488 g/mol. The van der Waals surface area contributed by atoms with Gasteiger partial charge in [-0.15, -0.1) is 0 Å². The molecule has 0 spiro atoms. The molecule has 3 aromatic rings. The minimum Gasteiger partial charge on any atom is -0.497 e. The number of oxazole rings is 1. The van der Waals surface area contributed by atoms with Gasteiger partial charge in [0.15, 0.2) is 0 Å². The third-order valence-corrected chi connectivity index (χ3v) is 8.28. The van der Waals surface area contributed by atoms with Crippen LogP contribution in [0.25, 0.3) is 11.5 Å². The van der Waals surface area contributed by atoms with Crippen LogP contribution in [0.4, 0.5) is 10.5 Å². The highest BCUT2D eigenvalue weighted by atomic mass is 32.2. The summed E-state index contributed by atoms with van der Waals surface area (Å²) in [4.78, 5) is 31.4. The molecule has 2 aromatic carbocycles. The van der Waals surface area contributed by atoms with Crippen LogP contribution in [0.1, 0.15) is 50.0 Å². The topological polar surface area (TPSA) is 81.9 Å². The molecule has 1 unspecified atom stereocenters. The summed E-state index contributed by atoms with van der Waals surface area (Å²) < 4.78 is 17.5. The summed E-state index contributed by atoms with van der Waals surface area (Å²) in [5.41, 5.74) is 2.33. The van der Waals surface area contributed by atoms with Crippen LogP contribution < -0.4 is 9.64 Å². The zero-order chi connectivity index (χ0) is 25.8. The molecule has 5 rings (SSSR count). The maximum Gasteiger partial charge on any atom is 0.293 e. The molecule has 7 nitrogen and oxygen atoms in total. The Kier molecular flexibility index (Phi) is 7.96. The highest BCUT2D eigenvalue weighted by Crippen LogP contribution is 2.37. The summed E-state index contributed by atoms with van der Waals surface area (Å²) in [7, 11) is 1.64. The number of carbonyl (C=O) groups excluding carboxylic acids is 2. The van der Waals surface area contributed by atoms with E-state index in [1.54, 1.807) is 19.2 Å². The number of hydrogen-bond acceptors (Lipinski definition) is 7. The molecule has 0 radical (unpaired) electrons. The van der Waals surface area contributed by atoms with E-state index in [1.807, 2.05) is 49.4 Å². The van der Waals surface area contributed by atoms with E-state index in [2.05, 4.69) is 4.98 Å². The van der Waals surface area contributed by atoms with Crippen molar-refractivity contribution in [1.29, 1.82) is 0 Å². The second-order valence-corrected chi connectivity index (χ2v) is 10.8. The fraction of sp³-hybridized carbons (Fsp3) is 0.414. The first-order chi connectivity index (χ1) is 18.0. The number of nitrogens with zero attached hydrogens (tertiary/aromatic N) is 2. The Morgan fingerprint density at radius 3 is 2.73 bits per heavy atom. The molecule has 2 aliphatic rings. The molecule has 1 aromatic heterocycles. The molecule has 2 fully saturated rings. The molecule has 0 bridgehead atoms. The Morgan fingerprint density at radius 1 is 1.08 bits per heavy atom. The van der Waals surface area contributed by atoms with Gasteiger partial charge in [-0.2, -0.15) is 0 Å². The van der Waals surface area contributed by atoms with E-state index in [-0.39, 0.29) is 22.5 Å². The van der Waals surface area contributed by atoms with Crippen molar-refractivity contribution in [2.24, 2.45) is 5.92 Å². The van der Waals surface area contributed by atoms with Gasteiger partial charge in [0.2, 0.25) is 11.8 Å². The minimum absolute atomic E-state index is 0.0989. The predicted molar refractivity (Wildman–Crippen MR) is 144 cm³/mol. The number of benzene rings is 2. The summed E-state index contributed by atoms with van der Waals surface area (Å²) in [6.07, 6.45) is 6.00. The van der Waals surface area contributed by atoms with E-state index in [0.717, 1.165) is 66.6 Å². The first-order valence-electron chi connectivity index (χ1n) is 12.8. The fourth-order valence-corrected chi connectivity index (χ4v) is 6.14. The van der Waals surface area contributed by atoms with Crippen LogP contribution in [0, 0.1) is 12.8 Å². The van der Waals surface area contributed by atoms with Crippen LogP contribution in [-0.2, 0) is 16.1 Å². The highest BCUT2D eigenvalue weighted by molar-refractivity contribution is 8.15. The van der Waals surface area contributed by atoms with Crippen molar-refractivity contribution in [3.8, 4) is 17.2 Å². The predicted octanol–water partition coefficient (Wildman–Crippen LogP) is 6.78. The van der Waals surface area contributed by atoms with Crippen molar-refractivity contribution in [3.05, 3.63) is 66.1 Å². The van der Waals surface area contributed by atoms with Gasteiger partial charge in [-0.1, -0.05) is 48.9 Å². The average molecular weight is 521 g/mol. The van der Waals surface area contributed by atoms with Crippen molar-refractivity contribution in [2.45, 2.75) is 63.4 Å². The second kappa shape index (κ2) is 11.5. The van der Waals surface area contributed by atoms with Gasteiger partial charge < -0.3 is 13.9 Å². The number of rotatable bonds is 9. The lowest BCUT2D eigenvalue weighted by atomic mass is 9.84. The first kappa shape index (κ1) is 25.5. The minimum atomic E-state index is -0.304. The van der Waals surface area contributed by atoms with Crippen LogP contribution in [0.5, 0.6) is 5.75 Å². The Balaban J connectivity index is 1.12. The quantitative estimate of drug-likeness (QED) is 0.307. The molecule has 2 heterocycles. The Bertz CT molecular complexity index is 1240. The SMILES string of the molecule is COc1cccc(-c2nc(CO[C@H]3CCC[C@@H](CCC4SC(=O)N(c5ccccc5)C4=O)C3)c(C)o2)c1. The van der Waals surface area contributed by atoms with Crippen LogP contribution in [0.2, 0.25) is 0 Å². The molecule has 1 saturated heterocycles. The Morgan fingerprint density at radius 2 is 1.92 bits per heavy atom. The molecule has 194 valence electrons. The summed E-state index contributed by atoms with van der Waals surface area (Å²) in [5.74, 6) is 2.47. The molecule has 3 atom stereocenters.